The maximum atomic E-state index is 12.1. The lowest BCUT2D eigenvalue weighted by Gasteiger charge is -2.37. The lowest BCUT2D eigenvalue weighted by molar-refractivity contribution is -0.145. The number of carbonyl (C=O) groups excluding carboxylic acids is 2. The van der Waals surface area contributed by atoms with Gasteiger partial charge in [-0.3, -0.25) is 9.48 Å². The number of hydrogen-bond acceptors (Lipinski definition) is 6. The summed E-state index contributed by atoms with van der Waals surface area (Å²) < 4.78 is 12.1. The smallest absolute Gasteiger partial charge is 0.408 e. The Morgan fingerprint density at radius 3 is 2.54 bits per heavy atom. The fourth-order valence-electron chi connectivity index (χ4n) is 3.44. The number of nitrogens with one attached hydrogen (secondary N) is 1. The highest BCUT2D eigenvalue weighted by atomic mass is 16.6. The Balaban J connectivity index is 2.02. The van der Waals surface area contributed by atoms with Gasteiger partial charge in [-0.05, 0) is 54.4 Å². The number of esters is 1. The van der Waals surface area contributed by atoms with Gasteiger partial charge in [0.1, 0.15) is 5.60 Å². The van der Waals surface area contributed by atoms with Crippen LogP contribution in [0.3, 0.4) is 0 Å². The molecule has 2 atom stereocenters. The van der Waals surface area contributed by atoms with Gasteiger partial charge in [0.05, 0.1) is 37.0 Å². The van der Waals surface area contributed by atoms with Crippen LogP contribution in [-0.4, -0.2) is 52.7 Å². The molecule has 1 N–H and O–H groups in total. The summed E-state index contributed by atoms with van der Waals surface area (Å²) in [5.41, 5.74) is -0.109. The highest BCUT2D eigenvalue weighted by Crippen LogP contribution is 2.28. The number of hydrogen-bond donors (Lipinski definition) is 1. The predicted molar refractivity (Wildman–Crippen MR) is 107 cm³/mol. The van der Waals surface area contributed by atoms with Crippen LogP contribution in [0, 0.1) is 5.92 Å². The minimum absolute atomic E-state index is 0.116. The third-order valence-electron chi connectivity index (χ3n) is 4.76. The summed E-state index contributed by atoms with van der Waals surface area (Å²) in [7, 11) is 1.43. The van der Waals surface area contributed by atoms with Gasteiger partial charge in [-0.1, -0.05) is 0 Å². The third-order valence-corrected chi connectivity index (χ3v) is 4.76. The van der Waals surface area contributed by atoms with Crippen molar-refractivity contribution in [1.29, 1.82) is 0 Å². The van der Waals surface area contributed by atoms with Crippen LogP contribution >= 0.6 is 0 Å². The molecule has 0 spiro atoms. The van der Waals surface area contributed by atoms with Crippen molar-refractivity contribution >= 4 is 17.7 Å². The van der Waals surface area contributed by atoms with Gasteiger partial charge in [-0.25, -0.2) is 4.79 Å². The van der Waals surface area contributed by atoms with E-state index in [0.29, 0.717) is 19.1 Å². The molecule has 0 saturated carbocycles. The standard InChI is InChI=1S/C20H34N4O4/c1-14-8-9-15(17(25)27-7)11-24(14)16-10-21-23(12-16)13-20(5,6)22-18(26)28-19(2,3)4/h10,12,14-15H,8-9,11,13H2,1-7H3,(H,22,26). The van der Waals surface area contributed by atoms with Gasteiger partial charge < -0.3 is 19.7 Å². The van der Waals surface area contributed by atoms with Gasteiger partial charge in [0, 0.05) is 18.8 Å². The maximum Gasteiger partial charge on any atom is 0.408 e. The van der Waals surface area contributed by atoms with Crippen LogP contribution < -0.4 is 10.2 Å². The Labute approximate surface area is 167 Å². The summed E-state index contributed by atoms with van der Waals surface area (Å²) >= 11 is 0. The lowest BCUT2D eigenvalue weighted by Crippen LogP contribution is -2.48. The molecule has 8 nitrogen and oxygen atoms in total. The number of ether oxygens (including phenoxy) is 2. The van der Waals surface area contributed by atoms with Crippen LogP contribution in [0.4, 0.5) is 10.5 Å². The highest BCUT2D eigenvalue weighted by Gasteiger charge is 2.32. The highest BCUT2D eigenvalue weighted by molar-refractivity contribution is 5.73. The van der Waals surface area contributed by atoms with E-state index in [4.69, 9.17) is 9.47 Å². The number of piperidine rings is 1. The van der Waals surface area contributed by atoms with Gasteiger partial charge in [0.15, 0.2) is 0 Å². The maximum absolute atomic E-state index is 12.1. The molecule has 0 radical (unpaired) electrons. The van der Waals surface area contributed by atoms with E-state index < -0.39 is 17.2 Å². The number of alkyl carbamates (subject to hydrolysis) is 1. The summed E-state index contributed by atoms with van der Waals surface area (Å²) in [5.74, 6) is -0.276. The summed E-state index contributed by atoms with van der Waals surface area (Å²) in [5, 5.41) is 7.34. The van der Waals surface area contributed by atoms with E-state index in [9.17, 15) is 9.59 Å². The van der Waals surface area contributed by atoms with Crippen LogP contribution in [0.25, 0.3) is 0 Å². The lowest BCUT2D eigenvalue weighted by atomic mass is 9.93. The molecule has 1 fully saturated rings. The Morgan fingerprint density at radius 1 is 1.25 bits per heavy atom. The average Bonchev–Trinajstić information content (AvgIpc) is 2.99. The molecule has 2 rings (SSSR count). The van der Waals surface area contributed by atoms with Crippen molar-refractivity contribution in [3.8, 4) is 0 Å². The second-order valence-corrected chi connectivity index (χ2v) is 9.21. The minimum atomic E-state index is -0.542. The van der Waals surface area contributed by atoms with E-state index in [-0.39, 0.29) is 11.9 Å². The molecule has 158 valence electrons. The van der Waals surface area contributed by atoms with Gasteiger partial charge in [0.2, 0.25) is 0 Å². The number of amides is 1. The fourth-order valence-corrected chi connectivity index (χ4v) is 3.44. The molecule has 1 aliphatic rings. The molecule has 0 bridgehead atoms. The monoisotopic (exact) mass is 394 g/mol. The number of rotatable bonds is 5. The number of carbonyl (C=O) groups is 2. The van der Waals surface area contributed by atoms with Crippen LogP contribution in [0.15, 0.2) is 12.4 Å². The van der Waals surface area contributed by atoms with Crippen molar-refractivity contribution in [2.45, 2.75) is 78.1 Å². The second-order valence-electron chi connectivity index (χ2n) is 9.21. The molecule has 0 aromatic carbocycles. The summed E-state index contributed by atoms with van der Waals surface area (Å²) in [6, 6.07) is 0.325. The van der Waals surface area contributed by atoms with Gasteiger partial charge in [-0.15, -0.1) is 0 Å². The zero-order valence-electron chi connectivity index (χ0n) is 18.1. The van der Waals surface area contributed by atoms with E-state index in [1.54, 1.807) is 10.9 Å². The van der Waals surface area contributed by atoms with Crippen molar-refractivity contribution in [2.75, 3.05) is 18.6 Å². The van der Waals surface area contributed by atoms with Crippen molar-refractivity contribution in [3.63, 3.8) is 0 Å². The van der Waals surface area contributed by atoms with Gasteiger partial charge >= 0.3 is 12.1 Å². The molecule has 1 saturated heterocycles. The summed E-state index contributed by atoms with van der Waals surface area (Å²) in [6.07, 6.45) is 5.08. The number of nitrogens with zero attached hydrogens (tertiary/aromatic N) is 3. The molecule has 1 aromatic rings. The average molecular weight is 395 g/mol. The van der Waals surface area contributed by atoms with E-state index in [1.165, 1.54) is 7.11 Å². The molecular weight excluding hydrogens is 360 g/mol. The largest absolute Gasteiger partial charge is 0.469 e. The van der Waals surface area contributed by atoms with Crippen LogP contribution in [0.2, 0.25) is 0 Å². The number of methoxy groups -OCH3 is 1. The van der Waals surface area contributed by atoms with Crippen LogP contribution in [0.5, 0.6) is 0 Å². The van der Waals surface area contributed by atoms with Crippen molar-refractivity contribution < 1.29 is 19.1 Å². The predicted octanol–water partition coefficient (Wildman–Crippen LogP) is 2.96. The first-order valence-corrected chi connectivity index (χ1v) is 9.78. The third kappa shape index (κ3) is 6.14. The second kappa shape index (κ2) is 8.41. The fraction of sp³-hybridized carbons (Fsp3) is 0.750. The van der Waals surface area contributed by atoms with E-state index >= 15 is 0 Å². The molecule has 8 heteroatoms. The Hall–Kier alpha value is -2.25. The first kappa shape index (κ1) is 22.0. The molecule has 28 heavy (non-hydrogen) atoms. The Morgan fingerprint density at radius 2 is 1.93 bits per heavy atom. The summed E-state index contributed by atoms with van der Waals surface area (Å²) in [4.78, 5) is 26.2. The first-order valence-electron chi connectivity index (χ1n) is 9.78. The first-order chi connectivity index (χ1) is 12.9. The zero-order chi connectivity index (χ0) is 21.1. The zero-order valence-corrected chi connectivity index (χ0v) is 18.1. The quantitative estimate of drug-likeness (QED) is 0.773. The molecule has 1 amide bonds. The summed E-state index contributed by atoms with van der Waals surface area (Å²) in [6.45, 7) is 12.6. The van der Waals surface area contributed by atoms with Gasteiger partial charge in [0.25, 0.3) is 0 Å². The van der Waals surface area contributed by atoms with E-state index in [2.05, 4.69) is 22.2 Å². The number of anilines is 1. The van der Waals surface area contributed by atoms with Crippen LogP contribution in [0.1, 0.15) is 54.4 Å². The SMILES string of the molecule is COC(=O)C1CCC(C)N(c2cnn(CC(C)(C)NC(=O)OC(C)(C)C)c2)C1. The van der Waals surface area contributed by atoms with Gasteiger partial charge in [-0.2, -0.15) is 5.10 Å². The molecule has 1 aliphatic heterocycles. The normalized spacial score (nSPS) is 20.6. The van der Waals surface area contributed by atoms with E-state index in [1.807, 2.05) is 40.8 Å². The van der Waals surface area contributed by atoms with Crippen molar-refractivity contribution in [2.24, 2.45) is 5.92 Å². The van der Waals surface area contributed by atoms with Crippen molar-refractivity contribution in [3.05, 3.63) is 12.4 Å². The van der Waals surface area contributed by atoms with E-state index in [0.717, 1.165) is 18.5 Å². The Bertz CT molecular complexity index is 693. The molecule has 0 aliphatic carbocycles. The topological polar surface area (TPSA) is 85.7 Å². The molecule has 1 aromatic heterocycles. The minimum Gasteiger partial charge on any atom is -0.469 e. The Kier molecular flexibility index (Phi) is 6.62. The van der Waals surface area contributed by atoms with Crippen LogP contribution in [-0.2, 0) is 20.8 Å². The number of aromatic nitrogens is 2. The molecule has 2 heterocycles. The molecule has 2 unspecified atom stereocenters. The molecular formula is C20H34N4O4. The van der Waals surface area contributed by atoms with Crippen molar-refractivity contribution in [1.82, 2.24) is 15.1 Å².